The van der Waals surface area contributed by atoms with Gasteiger partial charge in [0.2, 0.25) is 5.95 Å². The maximum Gasteiger partial charge on any atom is 0.226 e. The average molecular weight is 319 g/mol. The van der Waals surface area contributed by atoms with E-state index in [9.17, 15) is 0 Å². The number of rotatable bonds is 6. The van der Waals surface area contributed by atoms with Gasteiger partial charge in [-0.05, 0) is 19.9 Å². The van der Waals surface area contributed by atoms with Gasteiger partial charge in [0.1, 0.15) is 10.6 Å². The highest BCUT2D eigenvalue weighted by molar-refractivity contribution is 7.18. The molecule has 21 heavy (non-hydrogen) atoms. The molecule has 0 aromatic carbocycles. The fraction of sp³-hybridized carbons (Fsp3) is 0.357. The molecule has 110 valence electrons. The zero-order valence-electron chi connectivity index (χ0n) is 12.0. The molecule has 2 N–H and O–H groups in total. The summed E-state index contributed by atoms with van der Waals surface area (Å²) in [6.45, 7) is 5.77. The maximum absolute atomic E-state index is 4.58. The van der Waals surface area contributed by atoms with Crippen LogP contribution in [0.3, 0.4) is 0 Å². The molecule has 7 heteroatoms. The minimum Gasteiger partial charge on any atom is -0.369 e. The first-order valence-corrected chi connectivity index (χ1v) is 8.65. The Bertz CT molecular complexity index is 720. The van der Waals surface area contributed by atoms with Crippen LogP contribution in [0, 0.1) is 6.92 Å². The van der Waals surface area contributed by atoms with Crippen molar-refractivity contribution in [3.63, 3.8) is 0 Å². The Hall–Kier alpha value is -1.73. The Kier molecular flexibility index (Phi) is 4.31. The molecule has 0 aliphatic rings. The number of thiazole rings is 1. The summed E-state index contributed by atoms with van der Waals surface area (Å²) in [7, 11) is 0. The van der Waals surface area contributed by atoms with Gasteiger partial charge >= 0.3 is 0 Å². The van der Waals surface area contributed by atoms with E-state index in [2.05, 4.69) is 44.0 Å². The highest BCUT2D eigenvalue weighted by Gasteiger charge is 2.10. The lowest BCUT2D eigenvalue weighted by molar-refractivity contribution is 0.968. The van der Waals surface area contributed by atoms with Crippen LogP contribution in [0.1, 0.15) is 17.5 Å². The molecule has 0 aliphatic heterocycles. The van der Waals surface area contributed by atoms with Crippen LogP contribution in [0.25, 0.3) is 10.2 Å². The van der Waals surface area contributed by atoms with Crippen molar-refractivity contribution in [3.8, 4) is 0 Å². The molecule has 0 saturated carbocycles. The standard InChI is InChI=1S/C14H17N5S2/c1-3-15-14-18-12(11-6-9(2)21-13(11)19-14)16-5-4-10-7-20-8-17-10/h6-8H,3-5H2,1-2H3,(H2,15,16,18,19). The van der Waals surface area contributed by atoms with Gasteiger partial charge in [0, 0.05) is 29.8 Å². The van der Waals surface area contributed by atoms with E-state index in [0.717, 1.165) is 41.2 Å². The van der Waals surface area contributed by atoms with E-state index < -0.39 is 0 Å². The summed E-state index contributed by atoms with van der Waals surface area (Å²) in [5.41, 5.74) is 2.98. The van der Waals surface area contributed by atoms with Gasteiger partial charge in [-0.15, -0.1) is 22.7 Å². The fourth-order valence-corrected chi connectivity index (χ4v) is 3.56. The van der Waals surface area contributed by atoms with Crippen molar-refractivity contribution in [2.45, 2.75) is 20.3 Å². The van der Waals surface area contributed by atoms with E-state index in [1.807, 2.05) is 12.4 Å². The third kappa shape index (κ3) is 3.30. The Labute approximate surface area is 131 Å². The van der Waals surface area contributed by atoms with Crippen LogP contribution in [0.5, 0.6) is 0 Å². The van der Waals surface area contributed by atoms with Crippen molar-refractivity contribution in [3.05, 3.63) is 27.5 Å². The first-order chi connectivity index (χ1) is 10.3. The molecule has 0 radical (unpaired) electrons. The van der Waals surface area contributed by atoms with Crippen LogP contribution in [-0.4, -0.2) is 28.0 Å². The second kappa shape index (κ2) is 6.36. The number of aryl methyl sites for hydroxylation is 1. The van der Waals surface area contributed by atoms with Crippen LogP contribution in [0.2, 0.25) is 0 Å². The molecule has 0 unspecified atom stereocenters. The molecule has 0 saturated heterocycles. The van der Waals surface area contributed by atoms with Crippen LogP contribution in [0.15, 0.2) is 17.0 Å². The monoisotopic (exact) mass is 319 g/mol. The van der Waals surface area contributed by atoms with Crippen LogP contribution in [0.4, 0.5) is 11.8 Å². The fourth-order valence-electron chi connectivity index (χ4n) is 2.08. The van der Waals surface area contributed by atoms with Crippen molar-refractivity contribution >= 4 is 44.7 Å². The lowest BCUT2D eigenvalue weighted by atomic mass is 10.3. The third-order valence-corrected chi connectivity index (χ3v) is 4.59. The van der Waals surface area contributed by atoms with E-state index in [0.29, 0.717) is 5.95 Å². The van der Waals surface area contributed by atoms with Crippen LogP contribution in [-0.2, 0) is 6.42 Å². The lowest BCUT2D eigenvalue weighted by Crippen LogP contribution is -2.09. The van der Waals surface area contributed by atoms with Crippen molar-refractivity contribution < 1.29 is 0 Å². The zero-order valence-corrected chi connectivity index (χ0v) is 13.6. The summed E-state index contributed by atoms with van der Waals surface area (Å²) in [5.74, 6) is 1.58. The number of anilines is 2. The molecule has 0 aliphatic carbocycles. The van der Waals surface area contributed by atoms with Crippen molar-refractivity contribution in [2.24, 2.45) is 0 Å². The van der Waals surface area contributed by atoms with Crippen molar-refractivity contribution in [1.29, 1.82) is 0 Å². The summed E-state index contributed by atoms with van der Waals surface area (Å²) in [4.78, 5) is 15.7. The predicted molar refractivity (Wildman–Crippen MR) is 90.6 cm³/mol. The minimum absolute atomic E-state index is 0.683. The smallest absolute Gasteiger partial charge is 0.226 e. The molecule has 3 heterocycles. The largest absolute Gasteiger partial charge is 0.369 e. The molecular weight excluding hydrogens is 302 g/mol. The number of fused-ring (bicyclic) bond motifs is 1. The van der Waals surface area contributed by atoms with Crippen LogP contribution < -0.4 is 10.6 Å². The SMILES string of the molecule is CCNc1nc(NCCc2cscn2)c2cc(C)sc2n1. The lowest BCUT2D eigenvalue weighted by Gasteiger charge is -2.08. The normalized spacial score (nSPS) is 11.0. The summed E-state index contributed by atoms with van der Waals surface area (Å²) in [6, 6.07) is 2.14. The van der Waals surface area contributed by atoms with Crippen molar-refractivity contribution in [2.75, 3.05) is 23.7 Å². The topological polar surface area (TPSA) is 62.7 Å². The molecular formula is C14H17N5S2. The summed E-state index contributed by atoms with van der Waals surface area (Å²) >= 11 is 3.32. The molecule has 3 rings (SSSR count). The molecule has 0 atom stereocenters. The molecule has 3 aromatic rings. The summed E-state index contributed by atoms with van der Waals surface area (Å²) in [5, 5.41) is 9.78. The van der Waals surface area contributed by atoms with Gasteiger partial charge in [0.15, 0.2) is 0 Å². The molecule has 3 aromatic heterocycles. The van der Waals surface area contributed by atoms with E-state index in [1.165, 1.54) is 4.88 Å². The molecule has 0 spiro atoms. The maximum atomic E-state index is 4.58. The van der Waals surface area contributed by atoms with Gasteiger partial charge in [-0.25, -0.2) is 9.97 Å². The third-order valence-electron chi connectivity index (χ3n) is 3.01. The van der Waals surface area contributed by atoms with Gasteiger partial charge < -0.3 is 10.6 Å². The molecule has 5 nitrogen and oxygen atoms in total. The number of hydrogen-bond acceptors (Lipinski definition) is 7. The number of nitrogens with one attached hydrogen (secondary N) is 2. The number of hydrogen-bond donors (Lipinski definition) is 2. The Balaban J connectivity index is 1.81. The van der Waals surface area contributed by atoms with Gasteiger partial charge in [-0.3, -0.25) is 0 Å². The highest BCUT2D eigenvalue weighted by atomic mass is 32.1. The molecule has 0 fully saturated rings. The molecule has 0 bridgehead atoms. The predicted octanol–water partition coefficient (Wildman–Crippen LogP) is 3.54. The quantitative estimate of drug-likeness (QED) is 0.727. The Morgan fingerprint density at radius 1 is 1.24 bits per heavy atom. The van der Waals surface area contributed by atoms with E-state index in [1.54, 1.807) is 22.7 Å². The minimum atomic E-state index is 0.683. The second-order valence-corrected chi connectivity index (χ2v) is 6.61. The van der Waals surface area contributed by atoms with E-state index in [-0.39, 0.29) is 0 Å². The van der Waals surface area contributed by atoms with Crippen molar-refractivity contribution in [1.82, 2.24) is 15.0 Å². The van der Waals surface area contributed by atoms with E-state index in [4.69, 9.17) is 0 Å². The zero-order chi connectivity index (χ0) is 14.7. The van der Waals surface area contributed by atoms with Gasteiger partial charge in [-0.2, -0.15) is 4.98 Å². The first-order valence-electron chi connectivity index (χ1n) is 6.89. The van der Waals surface area contributed by atoms with Gasteiger partial charge in [-0.1, -0.05) is 0 Å². The molecule has 0 amide bonds. The summed E-state index contributed by atoms with van der Waals surface area (Å²) in [6.07, 6.45) is 0.897. The highest BCUT2D eigenvalue weighted by Crippen LogP contribution is 2.29. The first kappa shape index (κ1) is 14.2. The van der Waals surface area contributed by atoms with Gasteiger partial charge in [0.25, 0.3) is 0 Å². The Morgan fingerprint density at radius 3 is 2.90 bits per heavy atom. The second-order valence-electron chi connectivity index (χ2n) is 4.66. The Morgan fingerprint density at radius 2 is 2.14 bits per heavy atom. The number of thiophene rings is 1. The summed E-state index contributed by atoms with van der Waals surface area (Å²) < 4.78 is 0. The van der Waals surface area contributed by atoms with E-state index >= 15 is 0 Å². The number of aromatic nitrogens is 3. The average Bonchev–Trinajstić information content (AvgIpc) is 3.07. The van der Waals surface area contributed by atoms with Crippen LogP contribution >= 0.6 is 22.7 Å². The number of nitrogens with zero attached hydrogens (tertiary/aromatic N) is 3. The van der Waals surface area contributed by atoms with Gasteiger partial charge in [0.05, 0.1) is 16.6 Å².